The zero-order valence-corrected chi connectivity index (χ0v) is 17.3. The van der Waals surface area contributed by atoms with Crippen LogP contribution in [0.1, 0.15) is 10.4 Å². The zero-order valence-electron chi connectivity index (χ0n) is 16.5. The Hall–Kier alpha value is -3.38. The molecule has 3 aromatic carbocycles. The van der Waals surface area contributed by atoms with Crippen molar-refractivity contribution in [2.45, 2.75) is 0 Å². The molecule has 1 N–H and O–H groups in total. The van der Waals surface area contributed by atoms with Crippen molar-refractivity contribution in [1.29, 1.82) is 0 Å². The van der Waals surface area contributed by atoms with Gasteiger partial charge in [-0.25, -0.2) is 4.98 Å². The number of fused-ring (bicyclic) bond motifs is 1. The smallest absolute Gasteiger partial charge is 0.257 e. The molecule has 29 heavy (non-hydrogen) atoms. The highest BCUT2D eigenvalue weighted by Gasteiger charge is 2.13. The second-order valence-electron chi connectivity index (χ2n) is 6.80. The van der Waals surface area contributed by atoms with Gasteiger partial charge in [0.05, 0.1) is 22.9 Å². The summed E-state index contributed by atoms with van der Waals surface area (Å²) in [6.07, 6.45) is 0. The summed E-state index contributed by atoms with van der Waals surface area (Å²) in [6, 6.07) is 21.2. The summed E-state index contributed by atoms with van der Waals surface area (Å²) < 4.78 is 6.37. The Labute approximate surface area is 173 Å². The number of hydrogen-bond acceptors (Lipinski definition) is 5. The number of rotatable bonds is 5. The molecule has 5 nitrogen and oxygen atoms in total. The van der Waals surface area contributed by atoms with Gasteiger partial charge in [-0.3, -0.25) is 4.79 Å². The molecule has 0 radical (unpaired) electrons. The monoisotopic (exact) mass is 403 g/mol. The standard InChI is InChI=1S/C23H21N3O2S/c1-26(2)20-7-5-4-6-18(20)22(27)24-16-10-8-15(9-11-16)23-25-19-13-12-17(28-3)14-21(19)29-23/h4-14H,1-3H3,(H,24,27). The first-order valence-corrected chi connectivity index (χ1v) is 9.99. The van der Waals surface area contributed by atoms with Gasteiger partial charge in [0, 0.05) is 31.0 Å². The number of methoxy groups -OCH3 is 1. The lowest BCUT2D eigenvalue weighted by Crippen LogP contribution is -2.18. The largest absolute Gasteiger partial charge is 0.497 e. The Balaban J connectivity index is 1.55. The van der Waals surface area contributed by atoms with Crippen molar-refractivity contribution in [3.63, 3.8) is 0 Å². The van der Waals surface area contributed by atoms with Crippen molar-refractivity contribution in [2.75, 3.05) is 31.4 Å². The van der Waals surface area contributed by atoms with E-state index in [2.05, 4.69) is 5.32 Å². The van der Waals surface area contributed by atoms with Crippen molar-refractivity contribution in [3.8, 4) is 16.3 Å². The highest BCUT2D eigenvalue weighted by molar-refractivity contribution is 7.21. The van der Waals surface area contributed by atoms with Crippen LogP contribution >= 0.6 is 11.3 Å². The number of anilines is 2. The number of nitrogens with one attached hydrogen (secondary N) is 1. The molecule has 0 aliphatic carbocycles. The van der Waals surface area contributed by atoms with Gasteiger partial charge in [-0.1, -0.05) is 12.1 Å². The average Bonchev–Trinajstić information content (AvgIpc) is 3.17. The van der Waals surface area contributed by atoms with Gasteiger partial charge in [0.2, 0.25) is 0 Å². The molecule has 0 bridgehead atoms. The molecule has 6 heteroatoms. The van der Waals surface area contributed by atoms with Gasteiger partial charge in [-0.15, -0.1) is 11.3 Å². The molecule has 1 heterocycles. The third-order valence-electron chi connectivity index (χ3n) is 4.62. The number of para-hydroxylation sites is 1. The van der Waals surface area contributed by atoms with E-state index in [1.807, 2.05) is 85.7 Å². The molecule has 0 fully saturated rings. The average molecular weight is 404 g/mol. The summed E-state index contributed by atoms with van der Waals surface area (Å²) >= 11 is 1.62. The number of thiazole rings is 1. The zero-order chi connectivity index (χ0) is 20.4. The second-order valence-corrected chi connectivity index (χ2v) is 7.83. The Bertz CT molecular complexity index is 1170. The lowest BCUT2D eigenvalue weighted by Gasteiger charge is -2.17. The molecule has 0 spiro atoms. The Morgan fingerprint density at radius 3 is 2.52 bits per heavy atom. The third kappa shape index (κ3) is 3.93. The number of carbonyl (C=O) groups is 1. The second kappa shape index (κ2) is 7.93. The van der Waals surface area contributed by atoms with E-state index in [4.69, 9.17) is 9.72 Å². The molecule has 1 amide bonds. The maximum Gasteiger partial charge on any atom is 0.257 e. The number of hydrogen-bond donors (Lipinski definition) is 1. The summed E-state index contributed by atoms with van der Waals surface area (Å²) in [6.45, 7) is 0. The van der Waals surface area contributed by atoms with E-state index in [1.54, 1.807) is 18.4 Å². The van der Waals surface area contributed by atoms with Crippen LogP contribution in [-0.4, -0.2) is 32.1 Å². The van der Waals surface area contributed by atoms with Crippen LogP contribution in [0.4, 0.5) is 11.4 Å². The number of ether oxygens (including phenoxy) is 1. The van der Waals surface area contributed by atoms with E-state index in [-0.39, 0.29) is 5.91 Å². The van der Waals surface area contributed by atoms with Crippen molar-refractivity contribution in [3.05, 3.63) is 72.3 Å². The minimum Gasteiger partial charge on any atom is -0.497 e. The minimum absolute atomic E-state index is 0.130. The highest BCUT2D eigenvalue weighted by Crippen LogP contribution is 2.33. The number of aromatic nitrogens is 1. The Morgan fingerprint density at radius 1 is 1.03 bits per heavy atom. The summed E-state index contributed by atoms with van der Waals surface area (Å²) in [5.74, 6) is 0.692. The van der Waals surface area contributed by atoms with Gasteiger partial charge >= 0.3 is 0 Å². The van der Waals surface area contributed by atoms with E-state index < -0.39 is 0 Å². The van der Waals surface area contributed by atoms with Gasteiger partial charge < -0.3 is 15.0 Å². The Morgan fingerprint density at radius 2 is 1.79 bits per heavy atom. The number of carbonyl (C=O) groups excluding carboxylic acids is 1. The van der Waals surface area contributed by atoms with Crippen LogP contribution in [0, 0.1) is 0 Å². The van der Waals surface area contributed by atoms with Crippen molar-refractivity contribution in [1.82, 2.24) is 4.98 Å². The first-order chi connectivity index (χ1) is 14.0. The molecular formula is C23H21N3O2S. The summed E-state index contributed by atoms with van der Waals surface area (Å²) in [7, 11) is 5.51. The molecule has 0 aliphatic heterocycles. The first kappa shape index (κ1) is 19.0. The van der Waals surface area contributed by atoms with Gasteiger partial charge in [-0.2, -0.15) is 0 Å². The molecule has 0 unspecified atom stereocenters. The Kier molecular flexibility index (Phi) is 5.18. The van der Waals surface area contributed by atoms with Crippen LogP contribution < -0.4 is 15.0 Å². The SMILES string of the molecule is COc1ccc2nc(-c3ccc(NC(=O)c4ccccc4N(C)C)cc3)sc2c1. The summed E-state index contributed by atoms with van der Waals surface area (Å²) in [5.41, 5.74) is 4.23. The minimum atomic E-state index is -0.130. The molecule has 0 atom stereocenters. The molecule has 4 rings (SSSR count). The van der Waals surface area contributed by atoms with Crippen LogP contribution in [0.3, 0.4) is 0 Å². The number of amides is 1. The van der Waals surface area contributed by atoms with E-state index in [0.29, 0.717) is 5.56 Å². The highest BCUT2D eigenvalue weighted by atomic mass is 32.1. The summed E-state index contributed by atoms with van der Waals surface area (Å²) in [5, 5.41) is 3.91. The molecule has 0 saturated carbocycles. The molecule has 0 saturated heterocycles. The fourth-order valence-electron chi connectivity index (χ4n) is 3.11. The van der Waals surface area contributed by atoms with Gasteiger partial charge in [0.25, 0.3) is 5.91 Å². The lowest BCUT2D eigenvalue weighted by molar-refractivity contribution is 0.102. The number of nitrogens with zero attached hydrogens (tertiary/aromatic N) is 2. The fourth-order valence-corrected chi connectivity index (χ4v) is 4.11. The van der Waals surface area contributed by atoms with Crippen LogP contribution in [0.2, 0.25) is 0 Å². The quantitative estimate of drug-likeness (QED) is 0.492. The summed E-state index contributed by atoms with van der Waals surface area (Å²) in [4.78, 5) is 19.3. The molecule has 146 valence electrons. The van der Waals surface area contributed by atoms with Crippen molar-refractivity contribution in [2.24, 2.45) is 0 Å². The van der Waals surface area contributed by atoms with Crippen LogP contribution in [-0.2, 0) is 0 Å². The van der Waals surface area contributed by atoms with Crippen molar-refractivity contribution >= 4 is 38.8 Å². The maximum absolute atomic E-state index is 12.7. The van der Waals surface area contributed by atoms with Crippen molar-refractivity contribution < 1.29 is 9.53 Å². The van der Waals surface area contributed by atoms with Gasteiger partial charge in [-0.05, 0) is 54.6 Å². The molecule has 1 aromatic heterocycles. The maximum atomic E-state index is 12.7. The predicted molar refractivity (Wildman–Crippen MR) is 120 cm³/mol. The van der Waals surface area contributed by atoms with E-state index in [9.17, 15) is 4.79 Å². The molecule has 0 aliphatic rings. The molecule has 4 aromatic rings. The van der Waals surface area contributed by atoms with Gasteiger partial charge in [0.1, 0.15) is 10.8 Å². The molecular weight excluding hydrogens is 382 g/mol. The van der Waals surface area contributed by atoms with Crippen LogP contribution in [0.15, 0.2) is 66.7 Å². The van der Waals surface area contributed by atoms with E-state index >= 15 is 0 Å². The third-order valence-corrected chi connectivity index (χ3v) is 5.68. The topological polar surface area (TPSA) is 54.5 Å². The lowest BCUT2D eigenvalue weighted by atomic mass is 10.1. The van der Waals surface area contributed by atoms with E-state index in [1.165, 1.54) is 0 Å². The number of benzene rings is 3. The fraction of sp³-hybridized carbons (Fsp3) is 0.130. The predicted octanol–water partition coefficient (Wildman–Crippen LogP) is 5.29. The first-order valence-electron chi connectivity index (χ1n) is 9.18. The normalized spacial score (nSPS) is 10.7. The van der Waals surface area contributed by atoms with Crippen LogP contribution in [0.5, 0.6) is 5.75 Å². The van der Waals surface area contributed by atoms with Crippen LogP contribution in [0.25, 0.3) is 20.8 Å². The van der Waals surface area contributed by atoms with Gasteiger partial charge in [0.15, 0.2) is 0 Å². The van der Waals surface area contributed by atoms with E-state index in [0.717, 1.165) is 37.9 Å².